The van der Waals surface area contributed by atoms with Gasteiger partial charge in [0.1, 0.15) is 0 Å². The van der Waals surface area contributed by atoms with Gasteiger partial charge in [0.05, 0.1) is 6.42 Å². The van der Waals surface area contributed by atoms with E-state index in [1.807, 2.05) is 55.5 Å². The Labute approximate surface area is 149 Å². The number of amides is 2. The number of nitrogens with one attached hydrogen (secondary N) is 2. The van der Waals surface area contributed by atoms with Crippen molar-refractivity contribution in [2.75, 3.05) is 11.9 Å². The number of hydrogen-bond acceptors (Lipinski definition) is 2. The molecule has 0 aliphatic heterocycles. The third-order valence-electron chi connectivity index (χ3n) is 3.34. The molecule has 2 aromatic carbocycles. The lowest BCUT2D eigenvalue weighted by atomic mass is 10.1. The van der Waals surface area contributed by atoms with Crippen LogP contribution < -0.4 is 10.6 Å². The molecule has 0 bridgehead atoms. The maximum Gasteiger partial charge on any atom is 0.226 e. The second-order valence-corrected chi connectivity index (χ2v) is 6.44. The number of benzene rings is 2. The van der Waals surface area contributed by atoms with Crippen molar-refractivity contribution < 1.29 is 9.59 Å². The van der Waals surface area contributed by atoms with Crippen molar-refractivity contribution in [3.63, 3.8) is 0 Å². The monoisotopic (exact) mass is 422 g/mol. The van der Waals surface area contributed by atoms with Crippen LogP contribution in [-0.4, -0.2) is 18.4 Å². The van der Waals surface area contributed by atoms with Crippen LogP contribution in [-0.2, 0) is 16.0 Å². The normalized spacial score (nSPS) is 10.2. The van der Waals surface area contributed by atoms with Crippen LogP contribution >= 0.6 is 22.6 Å². The van der Waals surface area contributed by atoms with Gasteiger partial charge in [0, 0.05) is 22.2 Å². The lowest BCUT2D eigenvalue weighted by Crippen LogP contribution is -2.28. The van der Waals surface area contributed by atoms with Crippen LogP contribution in [0.1, 0.15) is 17.5 Å². The molecule has 0 heterocycles. The summed E-state index contributed by atoms with van der Waals surface area (Å²) in [7, 11) is 0. The van der Waals surface area contributed by atoms with E-state index in [2.05, 4.69) is 33.2 Å². The molecule has 0 atom stereocenters. The predicted octanol–water partition coefficient (Wildman–Crippen LogP) is 3.29. The molecule has 4 nitrogen and oxygen atoms in total. The fraction of sp³-hybridized carbons (Fsp3) is 0.222. The van der Waals surface area contributed by atoms with Gasteiger partial charge in [0.25, 0.3) is 0 Å². The van der Waals surface area contributed by atoms with Crippen LogP contribution in [0.15, 0.2) is 48.5 Å². The summed E-state index contributed by atoms with van der Waals surface area (Å²) < 4.78 is 1.11. The Kier molecular flexibility index (Phi) is 6.58. The predicted molar refractivity (Wildman–Crippen MR) is 100 cm³/mol. The maximum atomic E-state index is 11.9. The third kappa shape index (κ3) is 6.02. The minimum absolute atomic E-state index is 0.0751. The highest BCUT2D eigenvalue weighted by Gasteiger charge is 2.06. The van der Waals surface area contributed by atoms with Gasteiger partial charge < -0.3 is 10.6 Å². The molecule has 0 spiro atoms. The van der Waals surface area contributed by atoms with Crippen LogP contribution in [0, 0.1) is 10.5 Å². The minimum Gasteiger partial charge on any atom is -0.355 e. The molecule has 0 saturated heterocycles. The molecule has 2 N–H and O–H groups in total. The van der Waals surface area contributed by atoms with Crippen molar-refractivity contribution in [3.05, 3.63) is 63.2 Å². The fourth-order valence-electron chi connectivity index (χ4n) is 2.05. The van der Waals surface area contributed by atoms with Crippen molar-refractivity contribution in [2.24, 2.45) is 0 Å². The first-order valence-electron chi connectivity index (χ1n) is 7.41. The Morgan fingerprint density at radius 3 is 2.48 bits per heavy atom. The van der Waals surface area contributed by atoms with Crippen molar-refractivity contribution >= 4 is 40.1 Å². The van der Waals surface area contributed by atoms with Gasteiger partial charge >= 0.3 is 0 Å². The average molecular weight is 422 g/mol. The molecule has 0 radical (unpaired) electrons. The first-order valence-corrected chi connectivity index (χ1v) is 8.49. The highest BCUT2D eigenvalue weighted by molar-refractivity contribution is 14.1. The molecule has 2 aromatic rings. The number of carbonyl (C=O) groups is 2. The molecule has 0 fully saturated rings. The summed E-state index contributed by atoms with van der Waals surface area (Å²) in [5.41, 5.74) is 2.92. The molecule has 0 unspecified atom stereocenters. The molecule has 2 rings (SSSR count). The largest absolute Gasteiger partial charge is 0.355 e. The number of rotatable bonds is 6. The van der Waals surface area contributed by atoms with E-state index in [0.717, 1.165) is 14.8 Å². The van der Waals surface area contributed by atoms with Gasteiger partial charge in [-0.1, -0.05) is 36.4 Å². The summed E-state index contributed by atoms with van der Waals surface area (Å²) in [6, 6.07) is 15.3. The lowest BCUT2D eigenvalue weighted by molar-refractivity contribution is -0.120. The number of anilines is 1. The Bertz CT molecular complexity index is 687. The second kappa shape index (κ2) is 8.67. The van der Waals surface area contributed by atoms with Gasteiger partial charge in [-0.25, -0.2) is 0 Å². The topological polar surface area (TPSA) is 58.2 Å². The van der Waals surface area contributed by atoms with Gasteiger partial charge in [-0.05, 0) is 52.8 Å². The zero-order valence-electron chi connectivity index (χ0n) is 12.9. The summed E-state index contributed by atoms with van der Waals surface area (Å²) in [5, 5.41) is 5.61. The second-order valence-electron chi connectivity index (χ2n) is 5.27. The van der Waals surface area contributed by atoms with Crippen LogP contribution in [0.3, 0.4) is 0 Å². The fourth-order valence-corrected chi connectivity index (χ4v) is 2.57. The van der Waals surface area contributed by atoms with Crippen molar-refractivity contribution in [1.29, 1.82) is 0 Å². The molecule has 120 valence electrons. The Hall–Kier alpha value is -1.89. The highest BCUT2D eigenvalue weighted by atomic mass is 127. The Morgan fingerprint density at radius 1 is 1.04 bits per heavy atom. The molecular formula is C18H19IN2O2. The number of carbonyl (C=O) groups excluding carboxylic acids is 2. The number of aryl methyl sites for hydroxylation is 1. The Balaban J connectivity index is 1.72. The van der Waals surface area contributed by atoms with E-state index < -0.39 is 0 Å². The average Bonchev–Trinajstić information content (AvgIpc) is 2.52. The molecule has 0 aromatic heterocycles. The van der Waals surface area contributed by atoms with Gasteiger partial charge in [-0.15, -0.1) is 0 Å². The quantitative estimate of drug-likeness (QED) is 0.703. The smallest absolute Gasteiger partial charge is 0.226 e. The van der Waals surface area contributed by atoms with E-state index in [1.165, 1.54) is 5.56 Å². The SMILES string of the molecule is Cc1ccc(NC(=O)CCNC(=O)Cc2ccccc2)cc1I. The molecule has 0 saturated carbocycles. The highest BCUT2D eigenvalue weighted by Crippen LogP contribution is 2.17. The molecular weight excluding hydrogens is 403 g/mol. The maximum absolute atomic E-state index is 11.9. The number of halogens is 1. The van der Waals surface area contributed by atoms with Gasteiger partial charge in [0.2, 0.25) is 11.8 Å². The van der Waals surface area contributed by atoms with Gasteiger partial charge in [-0.2, -0.15) is 0 Å². The first kappa shape index (κ1) is 17.5. The molecule has 0 aliphatic carbocycles. The summed E-state index contributed by atoms with van der Waals surface area (Å²) in [6.07, 6.45) is 0.587. The van der Waals surface area contributed by atoms with E-state index in [9.17, 15) is 9.59 Å². The first-order chi connectivity index (χ1) is 11.0. The van der Waals surface area contributed by atoms with E-state index in [4.69, 9.17) is 0 Å². The zero-order chi connectivity index (χ0) is 16.7. The summed E-state index contributed by atoms with van der Waals surface area (Å²) in [4.78, 5) is 23.7. The molecule has 0 aliphatic rings. The minimum atomic E-state index is -0.107. The van der Waals surface area contributed by atoms with Crippen molar-refractivity contribution in [2.45, 2.75) is 19.8 Å². The molecule has 5 heteroatoms. The van der Waals surface area contributed by atoms with Crippen LogP contribution in [0.4, 0.5) is 5.69 Å². The zero-order valence-corrected chi connectivity index (χ0v) is 15.1. The summed E-state index contributed by atoms with van der Waals surface area (Å²) >= 11 is 2.24. The Morgan fingerprint density at radius 2 is 1.78 bits per heavy atom. The molecule has 2 amide bonds. The third-order valence-corrected chi connectivity index (χ3v) is 4.50. The van der Waals surface area contributed by atoms with Gasteiger partial charge in [0.15, 0.2) is 0 Å². The molecule has 23 heavy (non-hydrogen) atoms. The lowest BCUT2D eigenvalue weighted by Gasteiger charge is -2.08. The number of hydrogen-bond donors (Lipinski definition) is 2. The van der Waals surface area contributed by atoms with Crippen LogP contribution in [0.25, 0.3) is 0 Å². The standard InChI is InChI=1S/C18H19IN2O2/c1-13-7-8-15(12-16(13)19)21-17(22)9-10-20-18(23)11-14-5-3-2-4-6-14/h2-8,12H,9-11H2,1H3,(H,20,23)(H,21,22). The van der Waals surface area contributed by atoms with Crippen LogP contribution in [0.2, 0.25) is 0 Å². The van der Waals surface area contributed by atoms with Crippen LogP contribution in [0.5, 0.6) is 0 Å². The van der Waals surface area contributed by atoms with E-state index in [1.54, 1.807) is 0 Å². The van der Waals surface area contributed by atoms with Gasteiger partial charge in [-0.3, -0.25) is 9.59 Å². The van der Waals surface area contributed by atoms with E-state index in [0.29, 0.717) is 13.0 Å². The summed E-state index contributed by atoms with van der Waals surface area (Å²) in [6.45, 7) is 2.36. The van der Waals surface area contributed by atoms with E-state index in [-0.39, 0.29) is 18.2 Å². The van der Waals surface area contributed by atoms with Crippen molar-refractivity contribution in [3.8, 4) is 0 Å². The van der Waals surface area contributed by atoms with Crippen molar-refractivity contribution in [1.82, 2.24) is 5.32 Å². The van der Waals surface area contributed by atoms with E-state index >= 15 is 0 Å². The summed E-state index contributed by atoms with van der Waals surface area (Å²) in [5.74, 6) is -0.182.